The molecule has 0 aromatic heterocycles. The summed E-state index contributed by atoms with van der Waals surface area (Å²) in [5.41, 5.74) is 0. The average Bonchev–Trinajstić information content (AvgIpc) is 2.04. The summed E-state index contributed by atoms with van der Waals surface area (Å²) in [6, 6.07) is 1.87. The third-order valence-electron chi connectivity index (χ3n) is 1.50. The van der Waals surface area contributed by atoms with Crippen molar-refractivity contribution in [1.82, 2.24) is 4.90 Å². The molecule has 5 heteroatoms. The van der Waals surface area contributed by atoms with Crippen molar-refractivity contribution >= 4 is 11.8 Å². The lowest BCUT2D eigenvalue weighted by atomic mass is 10.3. The molecule has 0 bridgehead atoms. The topological polar surface area (TPSA) is 70.4 Å². The Bertz CT molecular complexity index is 228. The van der Waals surface area contributed by atoms with Gasteiger partial charge in [0, 0.05) is 6.54 Å². The lowest BCUT2D eigenvalue weighted by Gasteiger charge is -2.23. The van der Waals surface area contributed by atoms with E-state index in [-0.39, 0.29) is 38.0 Å². The minimum absolute atomic E-state index is 0.0584. The molecule has 1 fully saturated rings. The molecule has 64 valence electrons. The Morgan fingerprint density at radius 3 is 2.50 bits per heavy atom. The molecule has 0 aromatic rings. The quantitative estimate of drug-likeness (QED) is 0.510. The van der Waals surface area contributed by atoms with Gasteiger partial charge in [-0.1, -0.05) is 0 Å². The number of hydrogen-bond donors (Lipinski definition) is 0. The van der Waals surface area contributed by atoms with E-state index in [4.69, 9.17) is 5.26 Å². The van der Waals surface area contributed by atoms with Crippen LogP contribution in [0.25, 0.3) is 0 Å². The molecule has 5 nitrogen and oxygen atoms in total. The third-order valence-corrected chi connectivity index (χ3v) is 1.50. The number of carbonyl (C=O) groups excluding carboxylic acids is 2. The van der Waals surface area contributed by atoms with Crippen molar-refractivity contribution in [2.75, 3.05) is 19.8 Å². The van der Waals surface area contributed by atoms with E-state index in [2.05, 4.69) is 4.74 Å². The van der Waals surface area contributed by atoms with Crippen molar-refractivity contribution in [3.63, 3.8) is 0 Å². The molecular weight excluding hydrogens is 160 g/mol. The second kappa shape index (κ2) is 3.83. The zero-order valence-corrected chi connectivity index (χ0v) is 6.45. The molecule has 2 amide bonds. The third kappa shape index (κ3) is 1.80. The molecule has 0 N–H and O–H groups in total. The van der Waals surface area contributed by atoms with Gasteiger partial charge in [0.05, 0.1) is 12.5 Å². The van der Waals surface area contributed by atoms with Gasteiger partial charge in [-0.25, -0.2) is 0 Å². The zero-order valence-electron chi connectivity index (χ0n) is 6.45. The standard InChI is InChI=1S/C7H8N2O3/c8-2-1-3-9-6(10)4-12-5-7(9)11/h1,3-5H2. The van der Waals surface area contributed by atoms with E-state index in [1.54, 1.807) is 0 Å². The summed E-state index contributed by atoms with van der Waals surface area (Å²) in [7, 11) is 0. The molecule has 1 aliphatic heterocycles. The molecule has 0 unspecified atom stereocenters. The Morgan fingerprint density at radius 2 is 2.00 bits per heavy atom. The number of morpholine rings is 1. The maximum absolute atomic E-state index is 11.0. The van der Waals surface area contributed by atoms with Crippen LogP contribution in [0, 0.1) is 11.3 Å². The van der Waals surface area contributed by atoms with Gasteiger partial charge in [-0.3, -0.25) is 14.5 Å². The van der Waals surface area contributed by atoms with Crippen LogP contribution in [0.15, 0.2) is 0 Å². The first-order chi connectivity index (χ1) is 5.75. The zero-order chi connectivity index (χ0) is 8.97. The van der Waals surface area contributed by atoms with E-state index in [9.17, 15) is 9.59 Å². The van der Waals surface area contributed by atoms with Crippen LogP contribution in [0.4, 0.5) is 0 Å². The first kappa shape index (κ1) is 8.68. The fourth-order valence-electron chi connectivity index (χ4n) is 0.932. The maximum Gasteiger partial charge on any atom is 0.255 e. The van der Waals surface area contributed by atoms with Crippen LogP contribution in [-0.4, -0.2) is 36.5 Å². The molecule has 1 rings (SSSR count). The largest absolute Gasteiger partial charge is 0.362 e. The number of nitriles is 1. The van der Waals surface area contributed by atoms with Crippen molar-refractivity contribution in [2.45, 2.75) is 6.42 Å². The Morgan fingerprint density at radius 1 is 1.42 bits per heavy atom. The van der Waals surface area contributed by atoms with Crippen molar-refractivity contribution in [1.29, 1.82) is 5.26 Å². The predicted molar refractivity (Wildman–Crippen MR) is 37.8 cm³/mol. The number of amides is 2. The Labute approximate surface area is 69.5 Å². The molecule has 0 spiro atoms. The van der Waals surface area contributed by atoms with Gasteiger partial charge < -0.3 is 4.74 Å². The number of imide groups is 1. The van der Waals surface area contributed by atoms with Crippen molar-refractivity contribution in [3.05, 3.63) is 0 Å². The molecule has 12 heavy (non-hydrogen) atoms. The molecule has 1 aliphatic rings. The van der Waals surface area contributed by atoms with Gasteiger partial charge in [-0.15, -0.1) is 0 Å². The number of ether oxygens (including phenoxy) is 1. The van der Waals surface area contributed by atoms with Crippen LogP contribution in [0.3, 0.4) is 0 Å². The van der Waals surface area contributed by atoms with Crippen LogP contribution in [-0.2, 0) is 14.3 Å². The molecular formula is C7H8N2O3. The van der Waals surface area contributed by atoms with Crippen molar-refractivity contribution in [2.24, 2.45) is 0 Å². The number of nitrogens with zero attached hydrogens (tertiary/aromatic N) is 2. The summed E-state index contributed by atoms with van der Waals surface area (Å²) in [6.07, 6.45) is 0.178. The fraction of sp³-hybridized carbons (Fsp3) is 0.571. The highest BCUT2D eigenvalue weighted by Crippen LogP contribution is 2.00. The number of hydrogen-bond acceptors (Lipinski definition) is 4. The average molecular weight is 168 g/mol. The second-order valence-electron chi connectivity index (χ2n) is 2.34. The monoisotopic (exact) mass is 168 g/mol. The van der Waals surface area contributed by atoms with Crippen LogP contribution in [0.1, 0.15) is 6.42 Å². The SMILES string of the molecule is N#CCCN1C(=O)COCC1=O. The maximum atomic E-state index is 11.0. The summed E-state index contributed by atoms with van der Waals surface area (Å²) >= 11 is 0. The van der Waals surface area contributed by atoms with Gasteiger partial charge in [0.1, 0.15) is 13.2 Å². The number of carbonyl (C=O) groups is 2. The van der Waals surface area contributed by atoms with E-state index >= 15 is 0 Å². The summed E-state index contributed by atoms with van der Waals surface area (Å²) < 4.78 is 4.68. The van der Waals surface area contributed by atoms with Crippen LogP contribution in [0.2, 0.25) is 0 Å². The smallest absolute Gasteiger partial charge is 0.255 e. The minimum atomic E-state index is -0.360. The highest BCUT2D eigenvalue weighted by atomic mass is 16.5. The first-order valence-electron chi connectivity index (χ1n) is 3.53. The predicted octanol–water partition coefficient (Wildman–Crippen LogP) is -0.715. The minimum Gasteiger partial charge on any atom is -0.362 e. The second-order valence-corrected chi connectivity index (χ2v) is 2.34. The van der Waals surface area contributed by atoms with Crippen LogP contribution in [0.5, 0.6) is 0 Å². The van der Waals surface area contributed by atoms with E-state index in [0.717, 1.165) is 4.90 Å². The Kier molecular flexibility index (Phi) is 2.77. The van der Waals surface area contributed by atoms with Crippen LogP contribution < -0.4 is 0 Å². The highest BCUT2D eigenvalue weighted by molar-refractivity contribution is 5.98. The van der Waals surface area contributed by atoms with Gasteiger partial charge in [-0.05, 0) is 0 Å². The summed E-state index contributed by atoms with van der Waals surface area (Å²) in [6.45, 7) is 0.0614. The van der Waals surface area contributed by atoms with Crippen molar-refractivity contribution in [3.8, 4) is 6.07 Å². The lowest BCUT2D eigenvalue weighted by Crippen LogP contribution is -2.46. The first-order valence-corrected chi connectivity index (χ1v) is 3.53. The van der Waals surface area contributed by atoms with E-state index < -0.39 is 0 Å². The van der Waals surface area contributed by atoms with Gasteiger partial charge in [0.15, 0.2) is 0 Å². The summed E-state index contributed by atoms with van der Waals surface area (Å²) in [4.78, 5) is 23.0. The van der Waals surface area contributed by atoms with Gasteiger partial charge >= 0.3 is 0 Å². The number of rotatable bonds is 2. The normalized spacial score (nSPS) is 17.8. The van der Waals surface area contributed by atoms with E-state index in [1.807, 2.05) is 6.07 Å². The molecule has 1 saturated heterocycles. The summed E-state index contributed by atoms with van der Waals surface area (Å²) in [5.74, 6) is -0.719. The van der Waals surface area contributed by atoms with Gasteiger partial charge in [-0.2, -0.15) is 5.26 Å². The Hall–Kier alpha value is -1.41. The molecule has 0 radical (unpaired) electrons. The van der Waals surface area contributed by atoms with E-state index in [0.29, 0.717) is 0 Å². The molecule has 0 aromatic carbocycles. The highest BCUT2D eigenvalue weighted by Gasteiger charge is 2.25. The van der Waals surface area contributed by atoms with Crippen LogP contribution >= 0.6 is 0 Å². The molecule has 0 aliphatic carbocycles. The Balaban J connectivity index is 2.52. The fourth-order valence-corrected chi connectivity index (χ4v) is 0.932. The van der Waals surface area contributed by atoms with Gasteiger partial charge in [0.2, 0.25) is 0 Å². The lowest BCUT2D eigenvalue weighted by molar-refractivity contribution is -0.158. The van der Waals surface area contributed by atoms with Gasteiger partial charge in [0.25, 0.3) is 11.8 Å². The molecule has 0 atom stereocenters. The summed E-state index contributed by atoms with van der Waals surface area (Å²) in [5, 5.41) is 8.24. The van der Waals surface area contributed by atoms with E-state index in [1.165, 1.54) is 0 Å². The molecule has 1 heterocycles. The van der Waals surface area contributed by atoms with Crippen molar-refractivity contribution < 1.29 is 14.3 Å². The molecule has 0 saturated carbocycles.